The molecule has 20 heavy (non-hydrogen) atoms. The van der Waals surface area contributed by atoms with E-state index in [1.807, 2.05) is 0 Å². The van der Waals surface area contributed by atoms with Crippen LogP contribution in [0.4, 0.5) is 18.9 Å². The predicted molar refractivity (Wildman–Crippen MR) is 67.9 cm³/mol. The fraction of sp³-hybridized carbons (Fsp3) is 0.154. The number of anilines is 1. The Hall–Kier alpha value is -1.95. The van der Waals surface area contributed by atoms with E-state index in [9.17, 15) is 18.0 Å². The second-order valence-electron chi connectivity index (χ2n) is 4.08. The van der Waals surface area contributed by atoms with E-state index in [2.05, 4.69) is 5.32 Å². The highest BCUT2D eigenvalue weighted by molar-refractivity contribution is 6.31. The summed E-state index contributed by atoms with van der Waals surface area (Å²) in [7, 11) is 0. The van der Waals surface area contributed by atoms with E-state index in [4.69, 9.17) is 16.0 Å². The molecule has 1 N–H and O–H groups in total. The molecule has 2 aromatic rings. The van der Waals surface area contributed by atoms with Crippen LogP contribution < -0.4 is 5.32 Å². The summed E-state index contributed by atoms with van der Waals surface area (Å²) < 4.78 is 43.0. The van der Waals surface area contributed by atoms with E-state index in [-0.39, 0.29) is 11.4 Å². The van der Waals surface area contributed by atoms with Gasteiger partial charge in [-0.05, 0) is 31.2 Å². The average molecular weight is 304 g/mol. The highest BCUT2D eigenvalue weighted by Crippen LogP contribution is 2.36. The summed E-state index contributed by atoms with van der Waals surface area (Å²) in [5.74, 6) is -0.573. The second kappa shape index (κ2) is 5.20. The Morgan fingerprint density at radius 2 is 2.00 bits per heavy atom. The lowest BCUT2D eigenvalue weighted by atomic mass is 10.2. The summed E-state index contributed by atoms with van der Waals surface area (Å²) in [6.07, 6.45) is -3.26. The molecule has 2 rings (SSSR count). The second-order valence-corrected chi connectivity index (χ2v) is 4.49. The molecule has 1 amide bonds. The molecule has 106 valence electrons. The summed E-state index contributed by atoms with van der Waals surface area (Å²) in [5, 5.41) is 1.91. The first kappa shape index (κ1) is 14.5. The normalized spacial score (nSPS) is 11.4. The number of alkyl halides is 3. The van der Waals surface area contributed by atoms with Crippen molar-refractivity contribution in [3.63, 3.8) is 0 Å². The summed E-state index contributed by atoms with van der Waals surface area (Å²) in [6, 6.07) is 4.72. The lowest BCUT2D eigenvalue weighted by molar-refractivity contribution is -0.137. The van der Waals surface area contributed by atoms with Gasteiger partial charge in [-0.2, -0.15) is 13.2 Å². The Morgan fingerprint density at radius 1 is 1.30 bits per heavy atom. The van der Waals surface area contributed by atoms with Crippen LogP contribution in [0.3, 0.4) is 0 Å². The molecule has 0 spiro atoms. The van der Waals surface area contributed by atoms with Gasteiger partial charge in [-0.25, -0.2) is 0 Å². The molecule has 1 aromatic carbocycles. The molecule has 0 fully saturated rings. The van der Waals surface area contributed by atoms with Gasteiger partial charge in [0.15, 0.2) is 5.76 Å². The maximum absolute atomic E-state index is 12.7. The number of rotatable bonds is 2. The van der Waals surface area contributed by atoms with Crippen LogP contribution in [0.1, 0.15) is 21.7 Å². The smallest absolute Gasteiger partial charge is 0.417 e. The number of furan rings is 1. The average Bonchev–Trinajstić information content (AvgIpc) is 2.76. The minimum absolute atomic E-state index is 0.0116. The van der Waals surface area contributed by atoms with Gasteiger partial charge in [0.25, 0.3) is 5.91 Å². The van der Waals surface area contributed by atoms with Crippen LogP contribution in [0.15, 0.2) is 34.9 Å². The molecular weight excluding hydrogens is 295 g/mol. The van der Waals surface area contributed by atoms with E-state index >= 15 is 0 Å². The van der Waals surface area contributed by atoms with Crippen LogP contribution in [0.2, 0.25) is 5.02 Å². The van der Waals surface area contributed by atoms with E-state index in [1.54, 1.807) is 13.0 Å². The third-order valence-corrected chi connectivity index (χ3v) is 2.93. The van der Waals surface area contributed by atoms with E-state index in [0.717, 1.165) is 12.1 Å². The maximum atomic E-state index is 12.7. The van der Waals surface area contributed by atoms with Gasteiger partial charge in [0, 0.05) is 11.3 Å². The first-order valence-corrected chi connectivity index (χ1v) is 5.89. The first-order valence-electron chi connectivity index (χ1n) is 5.51. The molecule has 0 unspecified atom stereocenters. The minimum atomic E-state index is -4.58. The molecule has 1 aromatic heterocycles. The Balaban J connectivity index is 2.27. The number of aryl methyl sites for hydroxylation is 1. The van der Waals surface area contributed by atoms with Crippen LogP contribution in [0, 0.1) is 6.92 Å². The third-order valence-electron chi connectivity index (χ3n) is 2.60. The van der Waals surface area contributed by atoms with E-state index < -0.39 is 22.7 Å². The molecule has 0 radical (unpaired) electrons. The summed E-state index contributed by atoms with van der Waals surface area (Å²) in [5.41, 5.74) is -0.428. The molecule has 0 aliphatic heterocycles. The molecule has 0 aliphatic carbocycles. The number of benzene rings is 1. The lowest BCUT2D eigenvalue weighted by Crippen LogP contribution is -2.13. The zero-order valence-corrected chi connectivity index (χ0v) is 11.0. The topological polar surface area (TPSA) is 42.2 Å². The zero-order valence-electron chi connectivity index (χ0n) is 10.2. The molecule has 0 atom stereocenters. The van der Waals surface area contributed by atoms with Crippen molar-refractivity contribution in [3.05, 3.63) is 52.4 Å². The molecule has 0 aliphatic rings. The van der Waals surface area contributed by atoms with Crippen molar-refractivity contribution in [3.8, 4) is 0 Å². The number of hydrogen-bond donors (Lipinski definition) is 1. The third kappa shape index (κ3) is 2.96. The highest BCUT2D eigenvalue weighted by Gasteiger charge is 2.33. The number of halogens is 4. The molecular formula is C13H9ClF3NO2. The quantitative estimate of drug-likeness (QED) is 0.886. The van der Waals surface area contributed by atoms with Gasteiger partial charge in [0.1, 0.15) is 0 Å². The Bertz CT molecular complexity index is 649. The number of carbonyl (C=O) groups is 1. The van der Waals surface area contributed by atoms with E-state index in [1.165, 1.54) is 12.3 Å². The van der Waals surface area contributed by atoms with Gasteiger partial charge >= 0.3 is 6.18 Å². The number of carbonyl (C=O) groups excluding carboxylic acids is 1. The van der Waals surface area contributed by atoms with Crippen LogP contribution in [-0.4, -0.2) is 5.91 Å². The van der Waals surface area contributed by atoms with Crippen molar-refractivity contribution in [1.29, 1.82) is 0 Å². The number of hydrogen-bond acceptors (Lipinski definition) is 2. The van der Waals surface area contributed by atoms with Crippen molar-refractivity contribution in [2.75, 3.05) is 5.32 Å². The monoisotopic (exact) mass is 303 g/mol. The Morgan fingerprint density at radius 3 is 2.55 bits per heavy atom. The van der Waals surface area contributed by atoms with Crippen LogP contribution >= 0.6 is 11.6 Å². The lowest BCUT2D eigenvalue weighted by Gasteiger charge is -2.11. The molecule has 0 bridgehead atoms. The van der Waals surface area contributed by atoms with Crippen molar-refractivity contribution < 1.29 is 22.4 Å². The van der Waals surface area contributed by atoms with Crippen molar-refractivity contribution in [2.24, 2.45) is 0 Å². The fourth-order valence-electron chi connectivity index (χ4n) is 1.61. The Kier molecular flexibility index (Phi) is 3.76. The molecule has 0 saturated heterocycles. The Labute approximate surface area is 117 Å². The summed E-state index contributed by atoms with van der Waals surface area (Å²) in [4.78, 5) is 11.8. The van der Waals surface area contributed by atoms with Crippen molar-refractivity contribution >= 4 is 23.2 Å². The van der Waals surface area contributed by atoms with Crippen LogP contribution in [0.5, 0.6) is 0 Å². The van der Waals surface area contributed by atoms with Gasteiger partial charge in [0.2, 0.25) is 0 Å². The highest BCUT2D eigenvalue weighted by atomic mass is 35.5. The summed E-state index contributed by atoms with van der Waals surface area (Å²) in [6.45, 7) is 1.65. The summed E-state index contributed by atoms with van der Waals surface area (Å²) >= 11 is 5.49. The number of amides is 1. The van der Waals surface area contributed by atoms with Gasteiger partial charge in [0.05, 0.1) is 16.8 Å². The molecule has 1 heterocycles. The van der Waals surface area contributed by atoms with Crippen molar-refractivity contribution in [1.82, 2.24) is 0 Å². The van der Waals surface area contributed by atoms with E-state index in [0.29, 0.717) is 5.56 Å². The van der Waals surface area contributed by atoms with Gasteiger partial charge in [-0.3, -0.25) is 4.79 Å². The largest absolute Gasteiger partial charge is 0.459 e. The van der Waals surface area contributed by atoms with Gasteiger partial charge < -0.3 is 9.73 Å². The predicted octanol–water partition coefficient (Wildman–Crippen LogP) is 4.51. The first-order chi connectivity index (χ1) is 9.29. The molecule has 7 heteroatoms. The maximum Gasteiger partial charge on any atom is 0.417 e. The van der Waals surface area contributed by atoms with Gasteiger partial charge in [-0.15, -0.1) is 0 Å². The number of nitrogens with one attached hydrogen (secondary N) is 1. The fourth-order valence-corrected chi connectivity index (χ4v) is 1.84. The SMILES string of the molecule is Cc1ccoc1C(=O)Nc1ccc(Cl)c(C(F)(F)F)c1. The zero-order chi connectivity index (χ0) is 14.9. The molecule has 3 nitrogen and oxygen atoms in total. The molecule has 0 saturated carbocycles. The van der Waals surface area contributed by atoms with Crippen LogP contribution in [0.25, 0.3) is 0 Å². The standard InChI is InChI=1S/C13H9ClF3NO2/c1-7-4-5-20-11(7)12(19)18-8-2-3-10(14)9(6-8)13(15,16)17/h2-6H,1H3,(H,18,19). The minimum Gasteiger partial charge on any atom is -0.459 e. The van der Waals surface area contributed by atoms with Gasteiger partial charge in [-0.1, -0.05) is 11.6 Å². The van der Waals surface area contributed by atoms with Crippen LogP contribution in [-0.2, 0) is 6.18 Å². The van der Waals surface area contributed by atoms with Crippen molar-refractivity contribution in [2.45, 2.75) is 13.1 Å².